The van der Waals surface area contributed by atoms with Gasteiger partial charge in [0.25, 0.3) is 0 Å². The van der Waals surface area contributed by atoms with Gasteiger partial charge in [-0.15, -0.1) is 0 Å². The van der Waals surface area contributed by atoms with Crippen LogP contribution in [0.4, 0.5) is 0 Å². The number of amides is 1. The highest BCUT2D eigenvalue weighted by molar-refractivity contribution is 6.42. The number of esters is 1. The third-order valence-electron chi connectivity index (χ3n) is 4.93. The van der Waals surface area contributed by atoms with Crippen LogP contribution in [0.3, 0.4) is 0 Å². The third-order valence-corrected chi connectivity index (χ3v) is 5.67. The van der Waals surface area contributed by atoms with E-state index >= 15 is 0 Å². The van der Waals surface area contributed by atoms with Crippen molar-refractivity contribution in [2.75, 3.05) is 7.11 Å². The van der Waals surface area contributed by atoms with Gasteiger partial charge in [-0.05, 0) is 48.2 Å². The standard InChI is InChI=1S/C20H19Cl2NO5/c1-27-19(25)20(10-15(20)18(24)23-26)9-12-2-5-14(6-3-12)28-11-13-4-7-16(21)17(22)8-13/h2-8,15,26H,9-11H2,1H3,(H,23,24)/t15-,20+/m1/s1. The lowest BCUT2D eigenvalue weighted by molar-refractivity contribution is -0.149. The quantitative estimate of drug-likeness (QED) is 0.401. The summed E-state index contributed by atoms with van der Waals surface area (Å²) in [5.41, 5.74) is 2.42. The molecule has 0 unspecified atom stereocenters. The van der Waals surface area contributed by atoms with E-state index in [1.165, 1.54) is 7.11 Å². The van der Waals surface area contributed by atoms with Crippen LogP contribution in [0.1, 0.15) is 17.5 Å². The van der Waals surface area contributed by atoms with E-state index in [9.17, 15) is 9.59 Å². The Kier molecular flexibility index (Phi) is 6.13. The van der Waals surface area contributed by atoms with Crippen molar-refractivity contribution in [3.05, 3.63) is 63.6 Å². The fourth-order valence-electron chi connectivity index (χ4n) is 3.29. The molecule has 3 rings (SSSR count). The molecule has 1 aliphatic rings. The lowest BCUT2D eigenvalue weighted by atomic mass is 9.93. The summed E-state index contributed by atoms with van der Waals surface area (Å²) >= 11 is 11.9. The predicted molar refractivity (Wildman–Crippen MR) is 103 cm³/mol. The number of carbonyl (C=O) groups is 2. The van der Waals surface area contributed by atoms with E-state index in [1.807, 2.05) is 18.2 Å². The molecule has 0 aromatic heterocycles. The van der Waals surface area contributed by atoms with E-state index in [2.05, 4.69) is 0 Å². The van der Waals surface area contributed by atoms with Crippen LogP contribution < -0.4 is 10.2 Å². The highest BCUT2D eigenvalue weighted by Gasteiger charge is 2.64. The number of halogens is 2. The van der Waals surface area contributed by atoms with Crippen molar-refractivity contribution >= 4 is 35.1 Å². The Labute approximate surface area is 172 Å². The number of carbonyl (C=O) groups excluding carboxylic acids is 2. The molecule has 0 aliphatic heterocycles. The molecule has 0 heterocycles. The highest BCUT2D eigenvalue weighted by atomic mass is 35.5. The summed E-state index contributed by atoms with van der Waals surface area (Å²) in [6.07, 6.45) is 0.673. The van der Waals surface area contributed by atoms with Crippen LogP contribution in [0, 0.1) is 11.3 Å². The molecule has 2 atom stereocenters. The highest BCUT2D eigenvalue weighted by Crippen LogP contribution is 2.55. The molecule has 2 aromatic rings. The van der Waals surface area contributed by atoms with Crippen LogP contribution in [-0.4, -0.2) is 24.2 Å². The summed E-state index contributed by atoms with van der Waals surface area (Å²) in [6, 6.07) is 12.6. The second-order valence-corrected chi connectivity index (χ2v) is 7.55. The van der Waals surface area contributed by atoms with Gasteiger partial charge in [0.15, 0.2) is 0 Å². The van der Waals surface area contributed by atoms with E-state index in [-0.39, 0.29) is 0 Å². The van der Waals surface area contributed by atoms with Crippen molar-refractivity contribution in [1.82, 2.24) is 5.48 Å². The molecule has 2 N–H and O–H groups in total. The number of nitrogens with one attached hydrogen (secondary N) is 1. The summed E-state index contributed by atoms with van der Waals surface area (Å²) in [4.78, 5) is 23.9. The lowest BCUT2D eigenvalue weighted by Crippen LogP contribution is -2.30. The Morgan fingerprint density at radius 3 is 2.43 bits per heavy atom. The first-order chi connectivity index (χ1) is 13.4. The van der Waals surface area contributed by atoms with Gasteiger partial charge >= 0.3 is 5.97 Å². The van der Waals surface area contributed by atoms with Crippen LogP contribution in [0.25, 0.3) is 0 Å². The number of hydroxylamine groups is 1. The van der Waals surface area contributed by atoms with Gasteiger partial charge in [0.1, 0.15) is 12.4 Å². The Balaban J connectivity index is 1.64. The summed E-state index contributed by atoms with van der Waals surface area (Å²) in [7, 11) is 1.29. The Bertz CT molecular complexity index is 887. The Morgan fingerprint density at radius 2 is 1.82 bits per heavy atom. The predicted octanol–water partition coefficient (Wildman–Crippen LogP) is 3.80. The molecule has 8 heteroatoms. The van der Waals surface area contributed by atoms with Crippen LogP contribution >= 0.6 is 23.2 Å². The van der Waals surface area contributed by atoms with Crippen molar-refractivity contribution in [2.45, 2.75) is 19.4 Å². The molecule has 1 amide bonds. The van der Waals surface area contributed by atoms with Crippen LogP contribution in [0.5, 0.6) is 5.75 Å². The van der Waals surface area contributed by atoms with Crippen molar-refractivity contribution in [2.24, 2.45) is 11.3 Å². The SMILES string of the molecule is COC(=O)[C@@]1(Cc2ccc(OCc3ccc(Cl)c(Cl)c3)cc2)C[C@@H]1C(=O)NO. The summed E-state index contributed by atoms with van der Waals surface area (Å²) in [5, 5.41) is 9.79. The first-order valence-electron chi connectivity index (χ1n) is 8.57. The maximum absolute atomic E-state index is 12.2. The minimum Gasteiger partial charge on any atom is -0.489 e. The van der Waals surface area contributed by atoms with Gasteiger partial charge in [-0.25, -0.2) is 5.48 Å². The summed E-state index contributed by atoms with van der Waals surface area (Å²) < 4.78 is 10.6. The fourth-order valence-corrected chi connectivity index (χ4v) is 3.61. The molecule has 1 saturated carbocycles. The van der Waals surface area contributed by atoms with E-state index in [4.69, 9.17) is 37.9 Å². The van der Waals surface area contributed by atoms with Crippen molar-refractivity contribution < 1.29 is 24.3 Å². The largest absolute Gasteiger partial charge is 0.489 e. The van der Waals surface area contributed by atoms with E-state index in [1.54, 1.807) is 29.7 Å². The van der Waals surface area contributed by atoms with Crippen LogP contribution in [-0.2, 0) is 27.4 Å². The lowest BCUT2D eigenvalue weighted by Gasteiger charge is -2.15. The molecule has 0 radical (unpaired) electrons. The maximum Gasteiger partial charge on any atom is 0.312 e. The van der Waals surface area contributed by atoms with Gasteiger partial charge in [-0.1, -0.05) is 41.4 Å². The van der Waals surface area contributed by atoms with Crippen LogP contribution in [0.15, 0.2) is 42.5 Å². The number of methoxy groups -OCH3 is 1. The van der Waals surface area contributed by atoms with Gasteiger partial charge in [0.2, 0.25) is 5.91 Å². The molecular weight excluding hydrogens is 405 g/mol. The molecule has 148 valence electrons. The zero-order chi connectivity index (χ0) is 20.3. The van der Waals surface area contributed by atoms with Gasteiger partial charge in [-0.2, -0.15) is 0 Å². The summed E-state index contributed by atoms with van der Waals surface area (Å²) in [5.74, 6) is -0.981. The van der Waals surface area contributed by atoms with E-state index in [0.29, 0.717) is 35.2 Å². The molecule has 0 saturated heterocycles. The molecular formula is C20H19Cl2NO5. The molecule has 0 spiro atoms. The number of hydrogen-bond acceptors (Lipinski definition) is 5. The van der Waals surface area contributed by atoms with Gasteiger partial charge in [0, 0.05) is 0 Å². The van der Waals surface area contributed by atoms with Crippen molar-refractivity contribution in [3.8, 4) is 5.75 Å². The molecule has 1 fully saturated rings. The molecule has 1 aliphatic carbocycles. The maximum atomic E-state index is 12.2. The van der Waals surface area contributed by atoms with Gasteiger partial charge in [0.05, 0.1) is 28.5 Å². The topological polar surface area (TPSA) is 84.9 Å². The Morgan fingerprint density at radius 1 is 1.14 bits per heavy atom. The smallest absolute Gasteiger partial charge is 0.312 e. The third kappa shape index (κ3) is 4.24. The first-order valence-corrected chi connectivity index (χ1v) is 9.33. The second kappa shape index (κ2) is 8.39. The molecule has 6 nitrogen and oxygen atoms in total. The average molecular weight is 424 g/mol. The fraction of sp³-hybridized carbons (Fsp3) is 0.300. The average Bonchev–Trinajstić information content (AvgIpc) is 3.44. The zero-order valence-corrected chi connectivity index (χ0v) is 16.6. The van der Waals surface area contributed by atoms with E-state index in [0.717, 1.165) is 11.1 Å². The minimum atomic E-state index is -0.940. The van der Waals surface area contributed by atoms with E-state index < -0.39 is 23.2 Å². The summed E-state index contributed by atoms with van der Waals surface area (Å²) in [6.45, 7) is 0.334. The molecule has 0 bridgehead atoms. The van der Waals surface area contributed by atoms with Crippen molar-refractivity contribution in [1.29, 1.82) is 0 Å². The number of ether oxygens (including phenoxy) is 2. The van der Waals surface area contributed by atoms with Crippen LogP contribution in [0.2, 0.25) is 10.0 Å². The Hall–Kier alpha value is -2.28. The minimum absolute atomic E-state index is 0.334. The molecule has 2 aromatic carbocycles. The number of hydrogen-bond donors (Lipinski definition) is 2. The number of rotatable bonds is 7. The monoisotopic (exact) mass is 423 g/mol. The number of benzene rings is 2. The van der Waals surface area contributed by atoms with Gasteiger partial charge < -0.3 is 9.47 Å². The first kappa shape index (κ1) is 20.5. The second-order valence-electron chi connectivity index (χ2n) is 6.74. The normalized spacial score (nSPS) is 20.4. The molecule has 28 heavy (non-hydrogen) atoms. The van der Waals surface area contributed by atoms with Gasteiger partial charge in [-0.3, -0.25) is 14.8 Å². The van der Waals surface area contributed by atoms with Crippen molar-refractivity contribution in [3.63, 3.8) is 0 Å². The zero-order valence-electron chi connectivity index (χ0n) is 15.1.